The summed E-state index contributed by atoms with van der Waals surface area (Å²) >= 11 is 0. The monoisotopic (exact) mass is 473 g/mol. The zero-order valence-electron chi connectivity index (χ0n) is 22.0. The number of hydrogen-bond acceptors (Lipinski definition) is 5. The third-order valence-electron chi connectivity index (χ3n) is 12.4. The lowest BCUT2D eigenvalue weighted by molar-refractivity contribution is -0.201. The van der Waals surface area contributed by atoms with Crippen molar-refractivity contribution in [3.8, 4) is 0 Å². The van der Waals surface area contributed by atoms with Gasteiger partial charge >= 0.3 is 5.97 Å². The van der Waals surface area contributed by atoms with Crippen LogP contribution in [0.1, 0.15) is 92.4 Å². The van der Waals surface area contributed by atoms with Gasteiger partial charge in [-0.1, -0.05) is 27.7 Å². The van der Waals surface area contributed by atoms with Crippen molar-refractivity contribution in [2.24, 2.45) is 52.3 Å². The molecule has 2 saturated heterocycles. The molecule has 6 aliphatic rings. The summed E-state index contributed by atoms with van der Waals surface area (Å²) in [6.45, 7) is 12.2. The zero-order valence-corrected chi connectivity index (χ0v) is 22.0. The predicted octanol–water partition coefficient (Wildman–Crippen LogP) is 4.91. The largest absolute Gasteiger partial charge is 0.458 e. The Kier molecular flexibility index (Phi) is 5.53. The molecule has 0 bridgehead atoms. The van der Waals surface area contributed by atoms with Gasteiger partial charge in [-0.05, 0) is 104 Å². The molecule has 1 unspecified atom stereocenters. The minimum Gasteiger partial charge on any atom is -0.458 e. The average Bonchev–Trinajstić information content (AvgIpc) is 3.22. The lowest BCUT2D eigenvalue weighted by Gasteiger charge is -2.61. The van der Waals surface area contributed by atoms with Crippen LogP contribution in [0, 0.1) is 52.3 Å². The SMILES string of the molecule is CC(=O)OC1C[C@@H](C)CN[C@]12O[C@H]1C[C@H]3[C@@H]4CC[C@H]5C[C@@H](O)CC[C@]5(C)[C@H]4CC[C@@]3(C)[C@H]1[C@@H]2C. The van der Waals surface area contributed by atoms with Crippen LogP contribution in [0.3, 0.4) is 0 Å². The number of ether oxygens (including phenoxy) is 2. The Bertz CT molecular complexity index is 833. The van der Waals surface area contributed by atoms with E-state index in [0.29, 0.717) is 34.5 Å². The minimum atomic E-state index is -0.526. The van der Waals surface area contributed by atoms with E-state index in [4.69, 9.17) is 9.47 Å². The van der Waals surface area contributed by atoms with Crippen molar-refractivity contribution in [1.29, 1.82) is 0 Å². The Morgan fingerprint density at radius 3 is 2.53 bits per heavy atom. The van der Waals surface area contributed by atoms with E-state index in [2.05, 4.69) is 33.0 Å². The second kappa shape index (κ2) is 7.92. The number of carbonyl (C=O) groups is 1. The summed E-state index contributed by atoms with van der Waals surface area (Å²) in [5, 5.41) is 14.1. The fraction of sp³-hybridized carbons (Fsp3) is 0.966. The molecule has 0 aromatic heterocycles. The van der Waals surface area contributed by atoms with E-state index < -0.39 is 5.72 Å². The number of esters is 1. The van der Waals surface area contributed by atoms with Crippen molar-refractivity contribution in [3.05, 3.63) is 0 Å². The first-order valence-corrected chi connectivity index (χ1v) is 14.4. The molecule has 0 radical (unpaired) electrons. The molecule has 2 aliphatic heterocycles. The normalized spacial score (nSPS) is 58.5. The van der Waals surface area contributed by atoms with E-state index >= 15 is 0 Å². The molecule has 1 spiro atoms. The molecule has 5 heteroatoms. The van der Waals surface area contributed by atoms with Gasteiger partial charge in [0.1, 0.15) is 6.10 Å². The molecule has 2 N–H and O–H groups in total. The maximum absolute atomic E-state index is 12.0. The smallest absolute Gasteiger partial charge is 0.303 e. The highest BCUT2D eigenvalue weighted by Crippen LogP contribution is 2.71. The topological polar surface area (TPSA) is 67.8 Å². The van der Waals surface area contributed by atoms with E-state index in [1.54, 1.807) is 0 Å². The summed E-state index contributed by atoms with van der Waals surface area (Å²) in [6, 6.07) is 0. The lowest BCUT2D eigenvalue weighted by Crippen LogP contribution is -2.65. The van der Waals surface area contributed by atoms with Crippen LogP contribution in [0.4, 0.5) is 0 Å². The van der Waals surface area contributed by atoms with Gasteiger partial charge in [0.2, 0.25) is 0 Å². The maximum Gasteiger partial charge on any atom is 0.303 e. The van der Waals surface area contributed by atoms with Crippen LogP contribution in [0.25, 0.3) is 0 Å². The van der Waals surface area contributed by atoms with Gasteiger partial charge in [0.05, 0.1) is 12.2 Å². The Hall–Kier alpha value is -0.650. The maximum atomic E-state index is 12.0. The van der Waals surface area contributed by atoms with Crippen molar-refractivity contribution in [1.82, 2.24) is 5.32 Å². The van der Waals surface area contributed by atoms with Gasteiger partial charge in [0.15, 0.2) is 5.72 Å². The molecule has 192 valence electrons. The fourth-order valence-electron chi connectivity index (χ4n) is 10.9. The summed E-state index contributed by atoms with van der Waals surface area (Å²) in [4.78, 5) is 12.0. The van der Waals surface area contributed by atoms with Gasteiger partial charge in [0.25, 0.3) is 0 Å². The molecular formula is C29H47NO4. The third kappa shape index (κ3) is 3.18. The van der Waals surface area contributed by atoms with Gasteiger partial charge < -0.3 is 14.6 Å². The number of fused-ring (bicyclic) bond motifs is 7. The van der Waals surface area contributed by atoms with Gasteiger partial charge in [-0.25, -0.2) is 0 Å². The predicted molar refractivity (Wildman–Crippen MR) is 131 cm³/mol. The molecule has 6 fully saturated rings. The Labute approximate surface area is 206 Å². The van der Waals surface area contributed by atoms with Crippen LogP contribution in [0.2, 0.25) is 0 Å². The first-order chi connectivity index (χ1) is 16.1. The molecule has 0 aromatic carbocycles. The first-order valence-electron chi connectivity index (χ1n) is 14.4. The van der Waals surface area contributed by atoms with Crippen molar-refractivity contribution >= 4 is 5.97 Å². The van der Waals surface area contributed by atoms with E-state index in [1.807, 2.05) is 0 Å². The molecule has 13 atom stereocenters. The number of rotatable bonds is 1. The summed E-state index contributed by atoms with van der Waals surface area (Å²) in [6.07, 6.45) is 10.5. The number of hydrogen-bond donors (Lipinski definition) is 2. The quantitative estimate of drug-likeness (QED) is 0.530. The summed E-state index contributed by atoms with van der Waals surface area (Å²) in [7, 11) is 0. The highest BCUT2D eigenvalue weighted by molar-refractivity contribution is 5.66. The number of carbonyl (C=O) groups excluding carboxylic acids is 1. The molecular weight excluding hydrogens is 426 g/mol. The summed E-state index contributed by atoms with van der Waals surface area (Å²) < 4.78 is 13.0. The molecule has 4 aliphatic carbocycles. The number of nitrogens with one attached hydrogen (secondary N) is 1. The molecule has 4 saturated carbocycles. The van der Waals surface area contributed by atoms with Crippen LogP contribution in [-0.4, -0.2) is 41.7 Å². The van der Waals surface area contributed by atoms with Crippen molar-refractivity contribution in [3.63, 3.8) is 0 Å². The number of aliphatic hydroxyl groups excluding tert-OH is 1. The van der Waals surface area contributed by atoms with E-state index in [9.17, 15) is 9.90 Å². The van der Waals surface area contributed by atoms with E-state index in [1.165, 1.54) is 45.4 Å². The van der Waals surface area contributed by atoms with Crippen molar-refractivity contribution < 1.29 is 19.4 Å². The third-order valence-corrected chi connectivity index (χ3v) is 12.4. The first kappa shape index (κ1) is 23.7. The summed E-state index contributed by atoms with van der Waals surface area (Å²) in [5.41, 5.74) is 0.190. The Balaban J connectivity index is 1.27. The van der Waals surface area contributed by atoms with Gasteiger partial charge in [-0.15, -0.1) is 0 Å². The molecule has 6 rings (SSSR count). The van der Waals surface area contributed by atoms with Gasteiger partial charge in [-0.2, -0.15) is 0 Å². The van der Waals surface area contributed by atoms with Crippen molar-refractivity contribution in [2.45, 2.75) is 116 Å². The van der Waals surface area contributed by atoms with Crippen LogP contribution in [0.15, 0.2) is 0 Å². The second-order valence-corrected chi connectivity index (χ2v) is 13.9. The average molecular weight is 474 g/mol. The highest BCUT2D eigenvalue weighted by Gasteiger charge is 2.70. The molecule has 34 heavy (non-hydrogen) atoms. The molecule has 5 nitrogen and oxygen atoms in total. The van der Waals surface area contributed by atoms with Crippen LogP contribution in [0.5, 0.6) is 0 Å². The number of piperidine rings is 1. The highest BCUT2D eigenvalue weighted by atomic mass is 16.6. The fourth-order valence-corrected chi connectivity index (χ4v) is 10.9. The van der Waals surface area contributed by atoms with Gasteiger partial charge in [-0.3, -0.25) is 10.1 Å². The Morgan fingerprint density at radius 2 is 1.76 bits per heavy atom. The molecule has 0 amide bonds. The number of aliphatic hydroxyl groups is 1. The van der Waals surface area contributed by atoms with Crippen LogP contribution in [-0.2, 0) is 14.3 Å². The van der Waals surface area contributed by atoms with Gasteiger partial charge in [0, 0.05) is 19.4 Å². The second-order valence-electron chi connectivity index (χ2n) is 13.9. The lowest BCUT2D eigenvalue weighted by atomic mass is 9.44. The Morgan fingerprint density at radius 1 is 1.00 bits per heavy atom. The van der Waals surface area contributed by atoms with Crippen LogP contribution >= 0.6 is 0 Å². The summed E-state index contributed by atoms with van der Waals surface area (Å²) in [5.74, 6) is 4.20. The molecule has 0 aromatic rings. The van der Waals surface area contributed by atoms with E-state index in [-0.39, 0.29) is 24.3 Å². The van der Waals surface area contributed by atoms with Crippen LogP contribution < -0.4 is 5.32 Å². The van der Waals surface area contributed by atoms with Crippen molar-refractivity contribution in [2.75, 3.05) is 6.54 Å². The van der Waals surface area contributed by atoms with E-state index in [0.717, 1.165) is 43.6 Å². The minimum absolute atomic E-state index is 0.0735. The molecule has 2 heterocycles. The zero-order chi connectivity index (χ0) is 24.0. The standard InChI is InChI=1S/C29H47NO4/c1-16-12-25(33-18(3)31)29(30-15-16)17(2)26-24(34-29)14-23-21-7-6-19-13-20(32)8-10-27(19,4)22(21)9-11-28(23,26)5/h16-17,19-26,30,32H,6-15H2,1-5H3/t16-,17+,19+,20+,21-,22+,23+,24+,25?,26+,27+,28-,29-/m1/s1.